The van der Waals surface area contributed by atoms with Crippen LogP contribution < -0.4 is 15.2 Å². The van der Waals surface area contributed by atoms with Crippen molar-refractivity contribution in [1.29, 1.82) is 0 Å². The molecule has 1 fully saturated rings. The maximum atomic E-state index is 13.5. The molecule has 2 amide bonds. The van der Waals surface area contributed by atoms with E-state index >= 15 is 0 Å². The number of carbonyl (C=O) groups is 2. The number of primary amides is 1. The maximum absolute atomic E-state index is 13.5. The molecule has 0 aliphatic carbocycles. The standard InChI is InChI=1S/C29H29N3O4S/c1-3-35-25-17-22(11-14-24(25)36-19-27(30)33)18-26-28(34)32(16-15-21-7-5-4-6-8-21)29(37-26)31-23-12-9-20(2)10-13-23/h4-14,17-18H,3,15-16,19H2,1-2H3,(H2,30,33)/b26-18-,31-29?. The van der Waals surface area contributed by atoms with Crippen LogP contribution in [0.4, 0.5) is 5.69 Å². The smallest absolute Gasteiger partial charge is 0.266 e. The van der Waals surface area contributed by atoms with Gasteiger partial charge in [-0.05, 0) is 73.5 Å². The van der Waals surface area contributed by atoms with Crippen molar-refractivity contribution in [1.82, 2.24) is 4.90 Å². The third-order valence-electron chi connectivity index (χ3n) is 5.55. The lowest BCUT2D eigenvalue weighted by molar-refractivity contribution is -0.122. The summed E-state index contributed by atoms with van der Waals surface area (Å²) in [7, 11) is 0. The summed E-state index contributed by atoms with van der Waals surface area (Å²) in [6, 6.07) is 23.3. The summed E-state index contributed by atoms with van der Waals surface area (Å²) in [6.07, 6.45) is 2.54. The second-order valence-electron chi connectivity index (χ2n) is 8.43. The van der Waals surface area contributed by atoms with E-state index in [-0.39, 0.29) is 12.5 Å². The lowest BCUT2D eigenvalue weighted by atomic mass is 10.1. The Morgan fingerprint density at radius 2 is 1.78 bits per heavy atom. The molecule has 4 rings (SSSR count). The van der Waals surface area contributed by atoms with E-state index in [1.807, 2.05) is 68.5 Å². The number of aliphatic imine (C=N–C) groups is 1. The molecule has 190 valence electrons. The summed E-state index contributed by atoms with van der Waals surface area (Å²) < 4.78 is 11.1. The van der Waals surface area contributed by atoms with Crippen molar-refractivity contribution in [3.05, 3.63) is 94.4 Å². The first-order valence-electron chi connectivity index (χ1n) is 12.0. The Labute approximate surface area is 221 Å². The minimum atomic E-state index is -0.572. The molecule has 3 aromatic rings. The van der Waals surface area contributed by atoms with E-state index in [0.717, 1.165) is 22.4 Å². The number of carbonyl (C=O) groups excluding carboxylic acids is 2. The number of amides is 2. The Hall–Kier alpha value is -4.04. The molecule has 7 nitrogen and oxygen atoms in total. The van der Waals surface area contributed by atoms with E-state index in [9.17, 15) is 9.59 Å². The summed E-state index contributed by atoms with van der Waals surface area (Å²) in [5, 5.41) is 0.641. The highest BCUT2D eigenvalue weighted by Gasteiger charge is 2.33. The van der Waals surface area contributed by atoms with Crippen LogP contribution in [0.1, 0.15) is 23.6 Å². The van der Waals surface area contributed by atoms with Gasteiger partial charge in [-0.2, -0.15) is 0 Å². The average Bonchev–Trinajstić information content (AvgIpc) is 3.17. The van der Waals surface area contributed by atoms with E-state index in [1.165, 1.54) is 11.8 Å². The Morgan fingerprint density at radius 1 is 1.03 bits per heavy atom. The second-order valence-corrected chi connectivity index (χ2v) is 9.44. The molecule has 1 aliphatic heterocycles. The van der Waals surface area contributed by atoms with Crippen molar-refractivity contribution < 1.29 is 19.1 Å². The fourth-order valence-electron chi connectivity index (χ4n) is 3.71. The molecule has 0 saturated carbocycles. The van der Waals surface area contributed by atoms with Crippen LogP contribution in [0.15, 0.2) is 82.7 Å². The van der Waals surface area contributed by atoms with Crippen molar-refractivity contribution >= 4 is 40.5 Å². The second kappa shape index (κ2) is 12.3. The van der Waals surface area contributed by atoms with Crippen LogP contribution in [-0.2, 0) is 16.0 Å². The molecule has 0 radical (unpaired) electrons. The van der Waals surface area contributed by atoms with Gasteiger partial charge in [0.25, 0.3) is 11.8 Å². The molecule has 0 bridgehead atoms. The van der Waals surface area contributed by atoms with Crippen LogP contribution in [0.25, 0.3) is 6.08 Å². The van der Waals surface area contributed by atoms with Gasteiger partial charge in [-0.15, -0.1) is 0 Å². The molecule has 0 unspecified atom stereocenters. The summed E-state index contributed by atoms with van der Waals surface area (Å²) in [4.78, 5) is 31.7. The largest absolute Gasteiger partial charge is 0.490 e. The van der Waals surface area contributed by atoms with Gasteiger partial charge >= 0.3 is 0 Å². The van der Waals surface area contributed by atoms with E-state index in [2.05, 4.69) is 12.1 Å². The topological polar surface area (TPSA) is 94.2 Å². The maximum Gasteiger partial charge on any atom is 0.266 e. The third kappa shape index (κ3) is 7.01. The molecule has 0 aromatic heterocycles. The average molecular weight is 516 g/mol. The summed E-state index contributed by atoms with van der Waals surface area (Å²) in [6.45, 7) is 4.57. The molecule has 2 N–H and O–H groups in total. The van der Waals surface area contributed by atoms with Crippen LogP contribution >= 0.6 is 11.8 Å². The van der Waals surface area contributed by atoms with Crippen LogP contribution in [-0.4, -0.2) is 41.6 Å². The first-order valence-corrected chi connectivity index (χ1v) is 12.8. The monoisotopic (exact) mass is 515 g/mol. The van der Waals surface area contributed by atoms with Gasteiger partial charge in [-0.25, -0.2) is 4.99 Å². The summed E-state index contributed by atoms with van der Waals surface area (Å²) in [5.41, 5.74) is 9.06. The van der Waals surface area contributed by atoms with Gasteiger partial charge in [-0.3, -0.25) is 14.5 Å². The van der Waals surface area contributed by atoms with Gasteiger partial charge in [0, 0.05) is 6.54 Å². The number of benzene rings is 3. The first-order chi connectivity index (χ1) is 17.9. The minimum Gasteiger partial charge on any atom is -0.490 e. The Kier molecular flexibility index (Phi) is 8.64. The molecular weight excluding hydrogens is 486 g/mol. The van der Waals surface area contributed by atoms with Gasteiger partial charge in [0.05, 0.1) is 17.2 Å². The number of ether oxygens (including phenoxy) is 2. The number of hydrogen-bond donors (Lipinski definition) is 1. The predicted molar refractivity (Wildman–Crippen MR) is 148 cm³/mol. The highest BCUT2D eigenvalue weighted by atomic mass is 32.2. The molecule has 3 aromatic carbocycles. The van der Waals surface area contributed by atoms with Crippen molar-refractivity contribution in [3.63, 3.8) is 0 Å². The van der Waals surface area contributed by atoms with Gasteiger partial charge in [0.2, 0.25) is 0 Å². The molecule has 1 saturated heterocycles. The van der Waals surface area contributed by atoms with Crippen LogP contribution in [0.3, 0.4) is 0 Å². The van der Waals surface area contributed by atoms with Gasteiger partial charge in [0.1, 0.15) is 0 Å². The Balaban J connectivity index is 1.62. The van der Waals surface area contributed by atoms with Crippen molar-refractivity contribution in [3.8, 4) is 11.5 Å². The predicted octanol–water partition coefficient (Wildman–Crippen LogP) is 5.10. The zero-order chi connectivity index (χ0) is 26.2. The number of nitrogens with zero attached hydrogens (tertiary/aromatic N) is 2. The number of hydrogen-bond acceptors (Lipinski definition) is 6. The number of amidine groups is 1. The Morgan fingerprint density at radius 3 is 2.49 bits per heavy atom. The summed E-state index contributed by atoms with van der Waals surface area (Å²) in [5.74, 6) is 0.221. The van der Waals surface area contributed by atoms with E-state index < -0.39 is 5.91 Å². The molecule has 1 heterocycles. The minimum absolute atomic E-state index is 0.0983. The first kappa shape index (κ1) is 26.0. The van der Waals surface area contributed by atoms with Crippen LogP contribution in [0, 0.1) is 6.92 Å². The highest BCUT2D eigenvalue weighted by molar-refractivity contribution is 8.18. The molecule has 37 heavy (non-hydrogen) atoms. The molecule has 0 atom stereocenters. The fraction of sp³-hybridized carbons (Fsp3) is 0.207. The zero-order valence-corrected chi connectivity index (χ0v) is 21.7. The van der Waals surface area contributed by atoms with Gasteiger partial charge in [-0.1, -0.05) is 54.1 Å². The lowest BCUT2D eigenvalue weighted by Gasteiger charge is -2.15. The highest BCUT2D eigenvalue weighted by Crippen LogP contribution is 2.36. The van der Waals surface area contributed by atoms with E-state index in [0.29, 0.717) is 41.1 Å². The molecule has 1 aliphatic rings. The SMILES string of the molecule is CCOc1cc(/C=C2\SC(=Nc3ccc(C)cc3)N(CCc3ccccc3)C2=O)ccc1OCC(N)=O. The number of rotatable bonds is 10. The van der Waals surface area contributed by atoms with Crippen molar-refractivity contribution in [2.24, 2.45) is 10.7 Å². The molecule has 8 heteroatoms. The summed E-state index contributed by atoms with van der Waals surface area (Å²) >= 11 is 1.35. The van der Waals surface area contributed by atoms with Gasteiger partial charge in [0.15, 0.2) is 23.3 Å². The number of aryl methyl sites for hydroxylation is 1. The number of nitrogens with two attached hydrogens (primary N) is 1. The van der Waals surface area contributed by atoms with Gasteiger partial charge < -0.3 is 15.2 Å². The quantitative estimate of drug-likeness (QED) is 0.379. The van der Waals surface area contributed by atoms with Crippen molar-refractivity contribution in [2.45, 2.75) is 20.3 Å². The third-order valence-corrected chi connectivity index (χ3v) is 6.56. The van der Waals surface area contributed by atoms with Crippen LogP contribution in [0.5, 0.6) is 11.5 Å². The van der Waals surface area contributed by atoms with E-state index in [1.54, 1.807) is 17.0 Å². The van der Waals surface area contributed by atoms with Crippen molar-refractivity contribution in [2.75, 3.05) is 19.8 Å². The molecule has 0 spiro atoms. The zero-order valence-electron chi connectivity index (χ0n) is 20.8. The normalized spacial score (nSPS) is 15.4. The van der Waals surface area contributed by atoms with E-state index in [4.69, 9.17) is 20.2 Å². The Bertz CT molecular complexity index is 1320. The molecular formula is C29H29N3O4S. The lowest BCUT2D eigenvalue weighted by Crippen LogP contribution is -2.31. The number of thioether (sulfide) groups is 1. The fourth-order valence-corrected chi connectivity index (χ4v) is 4.73. The van der Waals surface area contributed by atoms with Crippen LogP contribution in [0.2, 0.25) is 0 Å².